The summed E-state index contributed by atoms with van der Waals surface area (Å²) in [6, 6.07) is 11.4. The fourth-order valence-corrected chi connectivity index (χ4v) is 2.71. The lowest BCUT2D eigenvalue weighted by molar-refractivity contribution is -0.121. The van der Waals surface area contributed by atoms with E-state index in [-0.39, 0.29) is 30.6 Å². The van der Waals surface area contributed by atoms with Crippen molar-refractivity contribution in [3.05, 3.63) is 48.0 Å². The fraction of sp³-hybridized carbons (Fsp3) is 0.211. The highest BCUT2D eigenvalue weighted by Gasteiger charge is 2.30. The van der Waals surface area contributed by atoms with Gasteiger partial charge in [-0.2, -0.15) is 0 Å². The molecule has 1 saturated heterocycles. The summed E-state index contributed by atoms with van der Waals surface area (Å²) in [5, 5.41) is 2.77. The molecule has 3 amide bonds. The molecule has 1 N–H and O–H groups in total. The van der Waals surface area contributed by atoms with Crippen LogP contribution >= 0.6 is 0 Å². The minimum Gasteiger partial charge on any atom is -0.497 e. The molecule has 0 radical (unpaired) electrons. The topological polar surface area (TPSA) is 84.9 Å². The first-order chi connectivity index (χ1) is 12.5. The predicted molar refractivity (Wildman–Crippen MR) is 95.7 cm³/mol. The molecule has 1 aliphatic heterocycles. The molecule has 1 heterocycles. The maximum absolute atomic E-state index is 12.4. The summed E-state index contributed by atoms with van der Waals surface area (Å²) in [5.74, 6) is 0.333. The molecule has 0 atom stereocenters. The number of ether oxygens (including phenoxy) is 2. The zero-order valence-corrected chi connectivity index (χ0v) is 14.4. The number of nitrogens with one attached hydrogen (secondary N) is 1. The maximum Gasteiger partial charge on any atom is 0.255 e. The van der Waals surface area contributed by atoms with E-state index in [4.69, 9.17) is 9.47 Å². The number of anilines is 2. The van der Waals surface area contributed by atoms with E-state index in [2.05, 4.69) is 5.32 Å². The van der Waals surface area contributed by atoms with E-state index < -0.39 is 0 Å². The first-order valence-electron chi connectivity index (χ1n) is 8.02. The van der Waals surface area contributed by atoms with Gasteiger partial charge in [-0.25, -0.2) is 0 Å². The van der Waals surface area contributed by atoms with Crippen LogP contribution in [-0.4, -0.2) is 31.9 Å². The van der Waals surface area contributed by atoms with Crippen LogP contribution in [0.4, 0.5) is 11.4 Å². The van der Waals surface area contributed by atoms with Crippen molar-refractivity contribution >= 4 is 29.1 Å². The van der Waals surface area contributed by atoms with Crippen LogP contribution in [0.25, 0.3) is 0 Å². The molecule has 26 heavy (non-hydrogen) atoms. The predicted octanol–water partition coefficient (Wildman–Crippen LogP) is 2.61. The Morgan fingerprint density at radius 2 is 1.46 bits per heavy atom. The van der Waals surface area contributed by atoms with Gasteiger partial charge in [0.15, 0.2) is 0 Å². The highest BCUT2D eigenvalue weighted by Crippen LogP contribution is 2.27. The Morgan fingerprint density at radius 3 is 1.96 bits per heavy atom. The molecule has 2 aromatic rings. The van der Waals surface area contributed by atoms with Crippen molar-refractivity contribution in [2.24, 2.45) is 0 Å². The van der Waals surface area contributed by atoms with E-state index in [1.807, 2.05) is 0 Å². The molecule has 134 valence electrons. The summed E-state index contributed by atoms with van der Waals surface area (Å²) in [6.45, 7) is 0. The number of hydrogen-bond donors (Lipinski definition) is 1. The molecule has 0 saturated carbocycles. The number of carbonyl (C=O) groups is 3. The van der Waals surface area contributed by atoms with Crippen molar-refractivity contribution in [3.8, 4) is 11.5 Å². The highest BCUT2D eigenvalue weighted by molar-refractivity contribution is 6.20. The van der Waals surface area contributed by atoms with Crippen LogP contribution in [0.5, 0.6) is 11.5 Å². The second-order valence-electron chi connectivity index (χ2n) is 5.73. The lowest BCUT2D eigenvalue weighted by Crippen LogP contribution is -2.28. The van der Waals surface area contributed by atoms with Crippen molar-refractivity contribution in [2.45, 2.75) is 12.8 Å². The lowest BCUT2D eigenvalue weighted by Gasteiger charge is -2.14. The van der Waals surface area contributed by atoms with Gasteiger partial charge < -0.3 is 14.8 Å². The first kappa shape index (κ1) is 17.5. The van der Waals surface area contributed by atoms with E-state index in [9.17, 15) is 14.4 Å². The van der Waals surface area contributed by atoms with Gasteiger partial charge in [-0.1, -0.05) is 0 Å². The fourth-order valence-electron chi connectivity index (χ4n) is 2.71. The average molecular weight is 354 g/mol. The SMILES string of the molecule is COc1cc(NC(=O)c2ccc(N3C(=O)CCC3=O)cc2)cc(OC)c1. The quantitative estimate of drug-likeness (QED) is 0.835. The molecule has 2 aromatic carbocycles. The molecule has 0 unspecified atom stereocenters. The number of imide groups is 1. The Balaban J connectivity index is 1.76. The van der Waals surface area contributed by atoms with Crippen LogP contribution in [0.2, 0.25) is 0 Å². The summed E-state index contributed by atoms with van der Waals surface area (Å²) in [7, 11) is 3.06. The Morgan fingerprint density at radius 1 is 0.923 bits per heavy atom. The summed E-state index contributed by atoms with van der Waals surface area (Å²) < 4.78 is 10.4. The van der Waals surface area contributed by atoms with E-state index in [1.165, 1.54) is 14.2 Å². The van der Waals surface area contributed by atoms with Crippen LogP contribution < -0.4 is 19.7 Å². The molecule has 0 bridgehead atoms. The minimum atomic E-state index is -0.328. The summed E-state index contributed by atoms with van der Waals surface area (Å²) >= 11 is 0. The van der Waals surface area contributed by atoms with Gasteiger partial charge in [0.1, 0.15) is 11.5 Å². The van der Waals surface area contributed by atoms with E-state index >= 15 is 0 Å². The standard InChI is InChI=1S/C19H18N2O5/c1-25-15-9-13(10-16(11-15)26-2)20-19(24)12-3-5-14(6-4-12)21-17(22)7-8-18(21)23/h3-6,9-11H,7-8H2,1-2H3,(H,20,24). The molecule has 0 aliphatic carbocycles. The third kappa shape index (κ3) is 3.51. The number of methoxy groups -OCH3 is 2. The van der Waals surface area contributed by atoms with Crippen molar-refractivity contribution in [2.75, 3.05) is 24.4 Å². The van der Waals surface area contributed by atoms with Gasteiger partial charge in [-0.05, 0) is 24.3 Å². The van der Waals surface area contributed by atoms with Crippen LogP contribution in [0.15, 0.2) is 42.5 Å². The molecule has 0 spiro atoms. The molecule has 7 nitrogen and oxygen atoms in total. The Hall–Kier alpha value is -3.35. The molecule has 1 fully saturated rings. The summed E-state index contributed by atoms with van der Waals surface area (Å²) in [4.78, 5) is 37.1. The minimum absolute atomic E-state index is 0.221. The van der Waals surface area contributed by atoms with Crippen molar-refractivity contribution in [1.82, 2.24) is 0 Å². The number of rotatable bonds is 5. The van der Waals surface area contributed by atoms with Crippen molar-refractivity contribution in [1.29, 1.82) is 0 Å². The highest BCUT2D eigenvalue weighted by atomic mass is 16.5. The Kier molecular flexibility index (Phi) is 4.88. The molecular weight excluding hydrogens is 336 g/mol. The van der Waals surface area contributed by atoms with Gasteiger partial charge in [-0.15, -0.1) is 0 Å². The monoisotopic (exact) mass is 354 g/mol. The average Bonchev–Trinajstić information content (AvgIpc) is 2.99. The smallest absolute Gasteiger partial charge is 0.255 e. The number of benzene rings is 2. The molecule has 0 aromatic heterocycles. The van der Waals surface area contributed by atoms with Crippen LogP contribution in [-0.2, 0) is 9.59 Å². The second kappa shape index (κ2) is 7.26. The van der Waals surface area contributed by atoms with Gasteiger partial charge >= 0.3 is 0 Å². The Bertz CT molecular complexity index is 822. The van der Waals surface area contributed by atoms with Gasteiger partial charge in [0.2, 0.25) is 11.8 Å². The van der Waals surface area contributed by atoms with Gasteiger partial charge in [0, 0.05) is 42.3 Å². The zero-order valence-electron chi connectivity index (χ0n) is 14.4. The van der Waals surface area contributed by atoms with E-state index in [1.54, 1.807) is 42.5 Å². The normalized spacial score (nSPS) is 13.7. The maximum atomic E-state index is 12.4. The summed E-state index contributed by atoms with van der Waals surface area (Å²) in [5.41, 5.74) is 1.40. The van der Waals surface area contributed by atoms with Crippen molar-refractivity contribution in [3.63, 3.8) is 0 Å². The lowest BCUT2D eigenvalue weighted by atomic mass is 10.1. The number of nitrogens with zero attached hydrogens (tertiary/aromatic N) is 1. The number of amides is 3. The molecule has 1 aliphatic rings. The molecular formula is C19H18N2O5. The third-order valence-corrected chi connectivity index (χ3v) is 4.05. The summed E-state index contributed by atoms with van der Waals surface area (Å²) in [6.07, 6.45) is 0.442. The van der Waals surface area contributed by atoms with Gasteiger partial charge in [-0.3, -0.25) is 19.3 Å². The Labute approximate surface area is 150 Å². The van der Waals surface area contributed by atoms with Crippen LogP contribution in [0.1, 0.15) is 23.2 Å². The largest absolute Gasteiger partial charge is 0.497 e. The van der Waals surface area contributed by atoms with E-state index in [0.717, 1.165) is 4.90 Å². The van der Waals surface area contributed by atoms with Crippen LogP contribution in [0, 0.1) is 0 Å². The number of hydrogen-bond acceptors (Lipinski definition) is 5. The molecule has 3 rings (SSSR count). The molecule has 7 heteroatoms. The zero-order chi connectivity index (χ0) is 18.7. The second-order valence-corrected chi connectivity index (χ2v) is 5.73. The van der Waals surface area contributed by atoms with Gasteiger partial charge in [0.05, 0.1) is 19.9 Å². The number of carbonyl (C=O) groups excluding carboxylic acids is 3. The van der Waals surface area contributed by atoms with E-state index in [0.29, 0.717) is 28.4 Å². The third-order valence-electron chi connectivity index (χ3n) is 4.05. The first-order valence-corrected chi connectivity index (χ1v) is 8.02. The van der Waals surface area contributed by atoms with Crippen molar-refractivity contribution < 1.29 is 23.9 Å². The van der Waals surface area contributed by atoms with Crippen LogP contribution in [0.3, 0.4) is 0 Å². The van der Waals surface area contributed by atoms with Gasteiger partial charge in [0.25, 0.3) is 5.91 Å².